The molecule has 0 aliphatic carbocycles. The molecule has 0 saturated heterocycles. The molecule has 0 fully saturated rings. The van der Waals surface area contributed by atoms with Crippen LogP contribution < -0.4 is 16.7 Å². The Labute approximate surface area is 167 Å². The van der Waals surface area contributed by atoms with Gasteiger partial charge in [0.25, 0.3) is 5.56 Å². The number of unbranched alkanes of at least 4 members (excludes halogenated alkanes) is 4. The van der Waals surface area contributed by atoms with Gasteiger partial charge in [0, 0.05) is 13.6 Å². The lowest BCUT2D eigenvalue weighted by molar-refractivity contribution is 0.577. The van der Waals surface area contributed by atoms with Gasteiger partial charge in [0.2, 0.25) is 5.95 Å². The molecule has 0 bridgehead atoms. The maximum atomic E-state index is 13.0. The number of H-pyrrole nitrogens is 1. The van der Waals surface area contributed by atoms with Crippen LogP contribution in [0.4, 0.5) is 10.3 Å². The van der Waals surface area contributed by atoms with Crippen molar-refractivity contribution in [3.63, 3.8) is 0 Å². The Hall–Kier alpha value is -3.23. The highest BCUT2D eigenvalue weighted by atomic mass is 19.1. The van der Waals surface area contributed by atoms with Crippen molar-refractivity contribution in [1.29, 1.82) is 0 Å². The predicted molar refractivity (Wildman–Crippen MR) is 112 cm³/mol. The van der Waals surface area contributed by atoms with Gasteiger partial charge in [-0.25, -0.2) is 14.6 Å². The number of hydrazone groups is 1. The summed E-state index contributed by atoms with van der Waals surface area (Å²) >= 11 is 0. The first-order valence-electron chi connectivity index (χ1n) is 9.75. The third kappa shape index (κ3) is 4.79. The van der Waals surface area contributed by atoms with E-state index >= 15 is 0 Å². The first kappa shape index (κ1) is 20.5. The van der Waals surface area contributed by atoms with Crippen LogP contribution in [0.1, 0.15) is 44.6 Å². The number of nitrogens with zero attached hydrogens (tertiary/aromatic N) is 4. The van der Waals surface area contributed by atoms with Crippen molar-refractivity contribution in [2.24, 2.45) is 12.1 Å². The lowest BCUT2D eigenvalue weighted by Crippen LogP contribution is -2.29. The van der Waals surface area contributed by atoms with Gasteiger partial charge >= 0.3 is 5.69 Å². The first-order chi connectivity index (χ1) is 14.0. The number of rotatable bonds is 9. The van der Waals surface area contributed by atoms with E-state index in [0.717, 1.165) is 25.7 Å². The maximum Gasteiger partial charge on any atom is 0.329 e. The van der Waals surface area contributed by atoms with Gasteiger partial charge < -0.3 is 4.57 Å². The van der Waals surface area contributed by atoms with Gasteiger partial charge in [-0.3, -0.25) is 14.3 Å². The highest BCUT2D eigenvalue weighted by Crippen LogP contribution is 2.17. The zero-order chi connectivity index (χ0) is 20.8. The Kier molecular flexibility index (Phi) is 6.58. The minimum atomic E-state index is -0.517. The number of hydrogen-bond acceptors (Lipinski definition) is 5. The van der Waals surface area contributed by atoms with E-state index in [9.17, 15) is 14.0 Å². The van der Waals surface area contributed by atoms with Gasteiger partial charge in [0.15, 0.2) is 11.2 Å². The normalized spacial score (nSPS) is 11.6. The highest BCUT2D eigenvalue weighted by molar-refractivity contribution is 5.80. The molecule has 0 atom stereocenters. The molecular formula is C20H25FN6O2. The Morgan fingerprint density at radius 2 is 1.90 bits per heavy atom. The van der Waals surface area contributed by atoms with Gasteiger partial charge in [-0.15, -0.1) is 0 Å². The minimum absolute atomic E-state index is 0.298. The van der Waals surface area contributed by atoms with E-state index < -0.39 is 11.2 Å². The van der Waals surface area contributed by atoms with E-state index in [-0.39, 0.29) is 5.82 Å². The third-order valence-electron chi connectivity index (χ3n) is 4.74. The smallest absolute Gasteiger partial charge is 0.303 e. The molecule has 0 aliphatic heterocycles. The quantitative estimate of drug-likeness (QED) is 0.328. The number of hydrogen-bond donors (Lipinski definition) is 2. The summed E-state index contributed by atoms with van der Waals surface area (Å²) in [7, 11) is 1.56. The highest BCUT2D eigenvalue weighted by Gasteiger charge is 2.16. The van der Waals surface area contributed by atoms with Crippen molar-refractivity contribution in [1.82, 2.24) is 19.1 Å². The molecule has 0 aliphatic rings. The van der Waals surface area contributed by atoms with Crippen LogP contribution in [0.25, 0.3) is 11.2 Å². The van der Waals surface area contributed by atoms with E-state index in [4.69, 9.17) is 0 Å². The van der Waals surface area contributed by atoms with E-state index in [0.29, 0.717) is 29.2 Å². The molecule has 0 amide bonds. The van der Waals surface area contributed by atoms with Crippen molar-refractivity contribution in [3.8, 4) is 0 Å². The van der Waals surface area contributed by atoms with Crippen LogP contribution in [-0.4, -0.2) is 25.3 Å². The van der Waals surface area contributed by atoms with Crippen LogP contribution in [0, 0.1) is 5.82 Å². The number of imidazole rings is 1. The van der Waals surface area contributed by atoms with Crippen LogP contribution in [0.5, 0.6) is 0 Å². The van der Waals surface area contributed by atoms with Crippen LogP contribution >= 0.6 is 0 Å². The number of halogens is 1. The summed E-state index contributed by atoms with van der Waals surface area (Å²) in [6, 6.07) is 5.90. The van der Waals surface area contributed by atoms with Crippen LogP contribution in [0.2, 0.25) is 0 Å². The Morgan fingerprint density at radius 1 is 1.17 bits per heavy atom. The third-order valence-corrected chi connectivity index (χ3v) is 4.74. The molecule has 2 heterocycles. The molecule has 0 saturated carbocycles. The number of fused-ring (bicyclic) bond motifs is 1. The Morgan fingerprint density at radius 3 is 2.62 bits per heavy atom. The second-order valence-electron chi connectivity index (χ2n) is 6.91. The molecule has 29 heavy (non-hydrogen) atoms. The van der Waals surface area contributed by atoms with Crippen molar-refractivity contribution in [2.75, 3.05) is 5.43 Å². The molecule has 2 N–H and O–H groups in total. The van der Waals surface area contributed by atoms with E-state index in [1.165, 1.54) is 29.3 Å². The van der Waals surface area contributed by atoms with Crippen molar-refractivity contribution in [3.05, 3.63) is 56.5 Å². The SMILES string of the molecule is CCCCCCCn1c(N/N=C/c2ccc(F)cc2)nc2c1c(=O)[nH]c(=O)n2C. The van der Waals surface area contributed by atoms with E-state index in [1.54, 1.807) is 23.7 Å². The minimum Gasteiger partial charge on any atom is -0.303 e. The molecule has 0 spiro atoms. The zero-order valence-electron chi connectivity index (χ0n) is 16.6. The molecule has 9 heteroatoms. The summed E-state index contributed by atoms with van der Waals surface area (Å²) in [6.45, 7) is 2.74. The van der Waals surface area contributed by atoms with Crippen LogP contribution in [0.15, 0.2) is 39.0 Å². The predicted octanol–water partition coefficient (Wildman–Crippen LogP) is 2.98. The van der Waals surface area contributed by atoms with Crippen molar-refractivity contribution in [2.45, 2.75) is 45.6 Å². The van der Waals surface area contributed by atoms with E-state index in [2.05, 4.69) is 27.4 Å². The number of benzene rings is 1. The summed E-state index contributed by atoms with van der Waals surface area (Å²) < 4.78 is 16.1. The molecule has 1 aromatic carbocycles. The first-order valence-corrected chi connectivity index (χ1v) is 9.75. The Balaban J connectivity index is 1.89. The fourth-order valence-electron chi connectivity index (χ4n) is 3.12. The summed E-state index contributed by atoms with van der Waals surface area (Å²) in [4.78, 5) is 31.1. The topological polar surface area (TPSA) is 97.1 Å². The fraction of sp³-hybridized carbons (Fsp3) is 0.400. The lowest BCUT2D eigenvalue weighted by Gasteiger charge is -2.08. The molecule has 154 valence electrons. The summed E-state index contributed by atoms with van der Waals surface area (Å²) in [5.41, 5.74) is 3.21. The zero-order valence-corrected chi connectivity index (χ0v) is 16.6. The number of nitrogens with one attached hydrogen (secondary N) is 2. The lowest BCUT2D eigenvalue weighted by atomic mass is 10.1. The number of aromatic nitrogens is 4. The largest absolute Gasteiger partial charge is 0.329 e. The van der Waals surface area contributed by atoms with Gasteiger partial charge in [-0.1, -0.05) is 44.7 Å². The van der Waals surface area contributed by atoms with Crippen molar-refractivity contribution < 1.29 is 4.39 Å². The monoisotopic (exact) mass is 400 g/mol. The number of aryl methyl sites for hydroxylation is 2. The maximum absolute atomic E-state index is 13.0. The summed E-state index contributed by atoms with van der Waals surface area (Å²) in [6.07, 6.45) is 6.91. The summed E-state index contributed by atoms with van der Waals surface area (Å²) in [5.74, 6) is 0.0562. The van der Waals surface area contributed by atoms with Crippen LogP contribution in [0.3, 0.4) is 0 Å². The summed E-state index contributed by atoms with van der Waals surface area (Å²) in [5, 5.41) is 4.16. The number of anilines is 1. The fourth-order valence-corrected chi connectivity index (χ4v) is 3.12. The Bertz CT molecular complexity index is 1110. The van der Waals surface area contributed by atoms with Gasteiger partial charge in [0.1, 0.15) is 5.82 Å². The number of aromatic amines is 1. The van der Waals surface area contributed by atoms with E-state index in [1.807, 2.05) is 0 Å². The average Bonchev–Trinajstić information content (AvgIpc) is 3.07. The molecule has 8 nitrogen and oxygen atoms in total. The average molecular weight is 400 g/mol. The van der Waals surface area contributed by atoms with Gasteiger partial charge in [-0.2, -0.15) is 10.1 Å². The van der Waals surface area contributed by atoms with Crippen molar-refractivity contribution >= 4 is 23.3 Å². The molecule has 2 aromatic heterocycles. The molecular weight excluding hydrogens is 375 g/mol. The molecule has 3 rings (SSSR count). The van der Waals surface area contributed by atoms with Gasteiger partial charge in [0.05, 0.1) is 6.21 Å². The molecule has 3 aromatic rings. The second-order valence-corrected chi connectivity index (χ2v) is 6.91. The molecule has 0 radical (unpaired) electrons. The molecule has 0 unspecified atom stereocenters. The van der Waals surface area contributed by atoms with Crippen LogP contribution in [-0.2, 0) is 13.6 Å². The van der Waals surface area contributed by atoms with Gasteiger partial charge in [-0.05, 0) is 24.1 Å². The standard InChI is InChI=1S/C20H25FN6O2/c1-3-4-5-6-7-12-27-16-17(26(2)20(29)24-18(16)28)23-19(27)25-22-13-14-8-10-15(21)11-9-14/h8-11,13H,3-7,12H2,1-2H3,(H,23,25)(H,24,28,29)/b22-13+. The second kappa shape index (κ2) is 9.31.